The monoisotopic (exact) mass is 359 g/mol. The van der Waals surface area contributed by atoms with Crippen LogP contribution in [0.2, 0.25) is 0 Å². The zero-order valence-electron chi connectivity index (χ0n) is 15.1. The Kier molecular flexibility index (Phi) is 8.42. The Morgan fingerprint density at radius 1 is 1.19 bits per heavy atom. The minimum absolute atomic E-state index is 0.211. The van der Waals surface area contributed by atoms with Crippen molar-refractivity contribution in [1.82, 2.24) is 5.32 Å². The minimum atomic E-state index is -0.385. The van der Waals surface area contributed by atoms with Gasteiger partial charge in [0.05, 0.1) is 0 Å². The molecule has 6 heteroatoms. The summed E-state index contributed by atoms with van der Waals surface area (Å²) in [4.78, 5) is 4.21. The van der Waals surface area contributed by atoms with Gasteiger partial charge in [0, 0.05) is 26.3 Å². The first-order chi connectivity index (χ1) is 12.7. The third-order valence-electron chi connectivity index (χ3n) is 3.62. The van der Waals surface area contributed by atoms with Gasteiger partial charge in [-0.3, -0.25) is 4.99 Å². The Labute approximate surface area is 154 Å². The van der Waals surface area contributed by atoms with Crippen LogP contribution < -0.4 is 15.8 Å². The Balaban J connectivity index is 1.76. The molecule has 5 nitrogen and oxygen atoms in total. The summed E-state index contributed by atoms with van der Waals surface area (Å²) in [5.41, 5.74) is 6.66. The summed E-state index contributed by atoms with van der Waals surface area (Å²) in [5.74, 6) is 0.826. The van der Waals surface area contributed by atoms with E-state index in [1.54, 1.807) is 18.2 Å². The van der Waals surface area contributed by atoms with E-state index in [9.17, 15) is 4.39 Å². The molecule has 3 N–H and O–H groups in total. The predicted octanol–water partition coefficient (Wildman–Crippen LogP) is 3.49. The van der Waals surface area contributed by atoms with Gasteiger partial charge in [0.2, 0.25) is 0 Å². The number of nitrogens with two attached hydrogens (primary N) is 1. The fourth-order valence-corrected chi connectivity index (χ4v) is 2.30. The summed E-state index contributed by atoms with van der Waals surface area (Å²) in [7, 11) is 0. The van der Waals surface area contributed by atoms with E-state index in [4.69, 9.17) is 15.2 Å². The first kappa shape index (κ1) is 19.7. The van der Waals surface area contributed by atoms with Crippen molar-refractivity contribution in [3.8, 4) is 11.5 Å². The normalized spacial score (nSPS) is 11.4. The lowest BCUT2D eigenvalue weighted by molar-refractivity contribution is 0.146. The first-order valence-electron chi connectivity index (χ1n) is 8.82. The van der Waals surface area contributed by atoms with Gasteiger partial charge in [0.15, 0.2) is 17.5 Å². The number of benzene rings is 2. The average molecular weight is 359 g/mol. The molecule has 0 aromatic heterocycles. The van der Waals surface area contributed by atoms with Crippen LogP contribution in [-0.2, 0) is 11.2 Å². The fourth-order valence-electron chi connectivity index (χ4n) is 2.30. The topological polar surface area (TPSA) is 68.9 Å². The number of hydrogen-bond acceptors (Lipinski definition) is 3. The van der Waals surface area contributed by atoms with Crippen molar-refractivity contribution in [2.24, 2.45) is 10.7 Å². The molecule has 0 unspecified atom stereocenters. The van der Waals surface area contributed by atoms with E-state index in [1.807, 2.05) is 31.2 Å². The minimum Gasteiger partial charge on any atom is -0.454 e. The van der Waals surface area contributed by atoms with Crippen molar-refractivity contribution in [1.29, 1.82) is 0 Å². The molecule has 0 saturated heterocycles. The molecule has 0 fully saturated rings. The molecule has 0 aliphatic rings. The molecule has 2 rings (SSSR count). The number of rotatable bonds is 10. The van der Waals surface area contributed by atoms with Crippen LogP contribution in [-0.4, -0.2) is 32.3 Å². The van der Waals surface area contributed by atoms with Crippen LogP contribution in [0.25, 0.3) is 0 Å². The molecule has 140 valence electrons. The average Bonchev–Trinajstić information content (AvgIpc) is 2.64. The van der Waals surface area contributed by atoms with Gasteiger partial charge in [-0.2, -0.15) is 0 Å². The van der Waals surface area contributed by atoms with E-state index in [1.165, 1.54) is 6.07 Å². The number of ether oxygens (including phenoxy) is 2. The number of nitrogens with one attached hydrogen (secondary N) is 1. The lowest BCUT2D eigenvalue weighted by Gasteiger charge is -2.09. The van der Waals surface area contributed by atoms with Crippen molar-refractivity contribution in [3.05, 3.63) is 59.9 Å². The number of guanidine groups is 1. The molecule has 0 spiro atoms. The van der Waals surface area contributed by atoms with Crippen LogP contribution in [0.1, 0.15) is 18.9 Å². The van der Waals surface area contributed by atoms with Crippen LogP contribution in [0.5, 0.6) is 11.5 Å². The van der Waals surface area contributed by atoms with Crippen molar-refractivity contribution in [3.63, 3.8) is 0 Å². The lowest BCUT2D eigenvalue weighted by atomic mass is 10.1. The van der Waals surface area contributed by atoms with Crippen LogP contribution in [0.3, 0.4) is 0 Å². The summed E-state index contributed by atoms with van der Waals surface area (Å²) in [6.45, 7) is 4.56. The van der Waals surface area contributed by atoms with Gasteiger partial charge in [-0.05, 0) is 49.6 Å². The third-order valence-corrected chi connectivity index (χ3v) is 3.62. The number of para-hydroxylation sites is 1. The molecule has 2 aromatic carbocycles. The van der Waals surface area contributed by atoms with Gasteiger partial charge in [0.25, 0.3) is 0 Å². The number of halogens is 1. The van der Waals surface area contributed by atoms with Gasteiger partial charge in [-0.25, -0.2) is 4.39 Å². The summed E-state index contributed by atoms with van der Waals surface area (Å²) < 4.78 is 25.0. The van der Waals surface area contributed by atoms with Gasteiger partial charge < -0.3 is 20.5 Å². The Hall–Kier alpha value is -2.60. The fraction of sp³-hybridized carbons (Fsp3) is 0.350. The Morgan fingerprint density at radius 2 is 2.00 bits per heavy atom. The summed E-state index contributed by atoms with van der Waals surface area (Å²) in [6.07, 6.45) is 1.47. The van der Waals surface area contributed by atoms with Gasteiger partial charge in [-0.15, -0.1) is 0 Å². The SMILES string of the molecule is CCOCCCN=C(N)NCCc1ccc(Oc2ccccc2)c(F)c1. The van der Waals surface area contributed by atoms with Crippen molar-refractivity contribution >= 4 is 5.96 Å². The van der Waals surface area contributed by atoms with Crippen molar-refractivity contribution in [2.75, 3.05) is 26.3 Å². The van der Waals surface area contributed by atoms with Crippen LogP contribution in [0.15, 0.2) is 53.5 Å². The first-order valence-corrected chi connectivity index (χ1v) is 8.82. The third kappa shape index (κ3) is 7.11. The summed E-state index contributed by atoms with van der Waals surface area (Å²) in [5, 5.41) is 3.03. The standard InChI is InChI=1S/C20H26FN3O2/c1-2-25-14-6-12-23-20(22)24-13-11-16-9-10-19(18(21)15-16)26-17-7-4-3-5-8-17/h3-5,7-10,15H,2,6,11-14H2,1H3,(H3,22,23,24). The predicted molar refractivity (Wildman–Crippen MR) is 102 cm³/mol. The maximum absolute atomic E-state index is 14.2. The number of nitrogens with zero attached hydrogens (tertiary/aromatic N) is 1. The van der Waals surface area contributed by atoms with E-state index in [-0.39, 0.29) is 11.6 Å². The van der Waals surface area contributed by atoms with Crippen molar-refractivity contribution in [2.45, 2.75) is 19.8 Å². The second-order valence-corrected chi connectivity index (χ2v) is 5.67. The van der Waals surface area contributed by atoms with Crippen molar-refractivity contribution < 1.29 is 13.9 Å². The van der Waals surface area contributed by atoms with Gasteiger partial charge in [-0.1, -0.05) is 24.3 Å². The van der Waals surface area contributed by atoms with E-state index < -0.39 is 0 Å². The molecule has 0 bridgehead atoms. The van der Waals surface area contributed by atoms with Crippen LogP contribution in [0, 0.1) is 5.82 Å². The van der Waals surface area contributed by atoms with E-state index in [0.717, 1.165) is 12.0 Å². The quantitative estimate of drug-likeness (QED) is 0.387. The molecule has 0 saturated carbocycles. The maximum atomic E-state index is 14.2. The smallest absolute Gasteiger partial charge is 0.188 e. The molecule has 0 amide bonds. The highest BCUT2D eigenvalue weighted by molar-refractivity contribution is 5.77. The van der Waals surface area contributed by atoms with Crippen LogP contribution in [0.4, 0.5) is 4.39 Å². The maximum Gasteiger partial charge on any atom is 0.188 e. The zero-order chi connectivity index (χ0) is 18.6. The molecular formula is C20H26FN3O2. The Morgan fingerprint density at radius 3 is 2.73 bits per heavy atom. The second-order valence-electron chi connectivity index (χ2n) is 5.67. The van der Waals surface area contributed by atoms with Crippen LogP contribution >= 0.6 is 0 Å². The lowest BCUT2D eigenvalue weighted by Crippen LogP contribution is -2.33. The molecule has 2 aromatic rings. The van der Waals surface area contributed by atoms with Gasteiger partial charge in [0.1, 0.15) is 5.75 Å². The molecule has 26 heavy (non-hydrogen) atoms. The molecule has 0 atom stereocenters. The highest BCUT2D eigenvalue weighted by Gasteiger charge is 2.06. The molecule has 0 heterocycles. The zero-order valence-corrected chi connectivity index (χ0v) is 15.1. The second kappa shape index (κ2) is 11.1. The Bertz CT molecular complexity index is 693. The molecular weight excluding hydrogens is 333 g/mol. The summed E-state index contributed by atoms with van der Waals surface area (Å²) >= 11 is 0. The molecule has 0 aliphatic carbocycles. The number of hydrogen-bond donors (Lipinski definition) is 2. The summed E-state index contributed by atoms with van der Waals surface area (Å²) in [6, 6.07) is 14.1. The highest BCUT2D eigenvalue weighted by Crippen LogP contribution is 2.24. The van der Waals surface area contributed by atoms with E-state index in [2.05, 4.69) is 10.3 Å². The van der Waals surface area contributed by atoms with E-state index in [0.29, 0.717) is 44.4 Å². The highest BCUT2D eigenvalue weighted by atomic mass is 19.1. The van der Waals surface area contributed by atoms with Gasteiger partial charge >= 0.3 is 0 Å². The molecule has 0 radical (unpaired) electrons. The van der Waals surface area contributed by atoms with E-state index >= 15 is 0 Å². The largest absolute Gasteiger partial charge is 0.454 e. The molecule has 0 aliphatic heterocycles. The number of aliphatic imine (C=N–C) groups is 1.